The Bertz CT molecular complexity index is 475. The van der Waals surface area contributed by atoms with Crippen LogP contribution in [-0.4, -0.2) is 45.4 Å². The summed E-state index contributed by atoms with van der Waals surface area (Å²) in [7, 11) is 0. The van der Waals surface area contributed by atoms with Crippen molar-refractivity contribution in [3.8, 4) is 0 Å². The standard InChI is InChI=1S/C14H24N4O2S/c1-9(2)7-12-16-17-13(21-12)15-14(20)18-6-4-5-11(8-18)10(3)19/h9-11,19H,4-8H2,1-3H3,(H,15,17,20). The predicted molar refractivity (Wildman–Crippen MR) is 83.4 cm³/mol. The lowest BCUT2D eigenvalue weighted by Crippen LogP contribution is -2.44. The van der Waals surface area contributed by atoms with E-state index < -0.39 is 0 Å². The van der Waals surface area contributed by atoms with E-state index in [1.165, 1.54) is 11.3 Å². The summed E-state index contributed by atoms with van der Waals surface area (Å²) in [5.41, 5.74) is 0. The summed E-state index contributed by atoms with van der Waals surface area (Å²) >= 11 is 1.43. The number of anilines is 1. The molecule has 1 aromatic heterocycles. The van der Waals surface area contributed by atoms with Gasteiger partial charge in [-0.2, -0.15) is 0 Å². The van der Waals surface area contributed by atoms with Crippen LogP contribution in [0.15, 0.2) is 0 Å². The number of aliphatic hydroxyl groups is 1. The van der Waals surface area contributed by atoms with Gasteiger partial charge in [0, 0.05) is 25.4 Å². The van der Waals surface area contributed by atoms with E-state index in [1.807, 2.05) is 0 Å². The number of carbonyl (C=O) groups is 1. The molecule has 1 fully saturated rings. The largest absolute Gasteiger partial charge is 0.393 e. The number of piperidine rings is 1. The summed E-state index contributed by atoms with van der Waals surface area (Å²) in [5, 5.41) is 22.1. The van der Waals surface area contributed by atoms with Crippen molar-refractivity contribution < 1.29 is 9.90 Å². The molecular formula is C14H24N4O2S. The Kier molecular flexibility index (Phi) is 5.52. The van der Waals surface area contributed by atoms with Gasteiger partial charge in [-0.3, -0.25) is 5.32 Å². The van der Waals surface area contributed by atoms with Gasteiger partial charge in [0.2, 0.25) is 5.13 Å². The lowest BCUT2D eigenvalue weighted by atomic mass is 9.94. The van der Waals surface area contributed by atoms with E-state index in [0.717, 1.165) is 30.8 Å². The van der Waals surface area contributed by atoms with Crippen LogP contribution < -0.4 is 5.32 Å². The first kappa shape index (κ1) is 16.2. The number of carbonyl (C=O) groups excluding carboxylic acids is 1. The molecule has 1 aliphatic rings. The molecule has 6 nitrogen and oxygen atoms in total. The number of aliphatic hydroxyl groups excluding tert-OH is 1. The lowest BCUT2D eigenvalue weighted by Gasteiger charge is -2.33. The van der Waals surface area contributed by atoms with E-state index in [1.54, 1.807) is 11.8 Å². The molecule has 1 saturated heterocycles. The molecule has 2 N–H and O–H groups in total. The van der Waals surface area contributed by atoms with Crippen LogP contribution in [0.3, 0.4) is 0 Å². The van der Waals surface area contributed by atoms with Gasteiger partial charge in [0.15, 0.2) is 0 Å². The maximum Gasteiger partial charge on any atom is 0.323 e. The highest BCUT2D eigenvalue weighted by atomic mass is 32.1. The van der Waals surface area contributed by atoms with Crippen molar-refractivity contribution in [3.05, 3.63) is 5.01 Å². The quantitative estimate of drug-likeness (QED) is 0.894. The van der Waals surface area contributed by atoms with E-state index in [9.17, 15) is 9.90 Å². The maximum atomic E-state index is 12.2. The van der Waals surface area contributed by atoms with Crippen LogP contribution in [0, 0.1) is 11.8 Å². The van der Waals surface area contributed by atoms with Gasteiger partial charge in [0.25, 0.3) is 0 Å². The minimum absolute atomic E-state index is 0.146. The third-order valence-corrected chi connectivity index (χ3v) is 4.55. The van der Waals surface area contributed by atoms with Crippen molar-refractivity contribution in [3.63, 3.8) is 0 Å². The summed E-state index contributed by atoms with van der Waals surface area (Å²) in [6, 6.07) is -0.146. The zero-order chi connectivity index (χ0) is 15.4. The Hall–Kier alpha value is -1.21. The van der Waals surface area contributed by atoms with Crippen molar-refractivity contribution in [2.45, 2.75) is 46.1 Å². The van der Waals surface area contributed by atoms with Crippen LogP contribution in [0.1, 0.15) is 38.6 Å². The number of hydrogen-bond donors (Lipinski definition) is 2. The minimum Gasteiger partial charge on any atom is -0.393 e. The monoisotopic (exact) mass is 312 g/mol. The number of likely N-dealkylation sites (tertiary alicyclic amines) is 1. The zero-order valence-corrected chi connectivity index (χ0v) is 13.7. The number of nitrogens with zero attached hydrogens (tertiary/aromatic N) is 3. The van der Waals surface area contributed by atoms with E-state index in [-0.39, 0.29) is 18.1 Å². The van der Waals surface area contributed by atoms with Crippen molar-refractivity contribution in [1.29, 1.82) is 0 Å². The van der Waals surface area contributed by atoms with Gasteiger partial charge in [-0.1, -0.05) is 25.2 Å². The first-order chi connectivity index (χ1) is 9.95. The van der Waals surface area contributed by atoms with E-state index in [4.69, 9.17) is 0 Å². The van der Waals surface area contributed by atoms with Crippen molar-refractivity contribution in [2.75, 3.05) is 18.4 Å². The van der Waals surface area contributed by atoms with Gasteiger partial charge in [0.1, 0.15) is 5.01 Å². The normalized spacial score (nSPS) is 20.6. The number of rotatable bonds is 4. The first-order valence-electron chi connectivity index (χ1n) is 7.52. The van der Waals surface area contributed by atoms with Crippen LogP contribution >= 0.6 is 11.3 Å². The smallest absolute Gasteiger partial charge is 0.323 e. The molecule has 118 valence electrons. The second kappa shape index (κ2) is 7.17. The summed E-state index contributed by atoms with van der Waals surface area (Å²) < 4.78 is 0. The Morgan fingerprint density at radius 2 is 2.24 bits per heavy atom. The van der Waals surface area contributed by atoms with Gasteiger partial charge in [-0.05, 0) is 25.7 Å². The van der Waals surface area contributed by atoms with E-state index >= 15 is 0 Å². The highest BCUT2D eigenvalue weighted by Crippen LogP contribution is 2.22. The molecule has 2 amide bonds. The third kappa shape index (κ3) is 4.64. The number of urea groups is 1. The Balaban J connectivity index is 1.90. The summed E-state index contributed by atoms with van der Waals surface area (Å²) in [6.45, 7) is 7.37. The second-order valence-electron chi connectivity index (χ2n) is 6.12. The van der Waals surface area contributed by atoms with Gasteiger partial charge < -0.3 is 10.0 Å². The van der Waals surface area contributed by atoms with Gasteiger partial charge in [-0.15, -0.1) is 10.2 Å². The number of nitrogens with one attached hydrogen (secondary N) is 1. The average molecular weight is 312 g/mol. The van der Waals surface area contributed by atoms with Crippen LogP contribution in [0.4, 0.5) is 9.93 Å². The van der Waals surface area contributed by atoms with Crippen molar-refractivity contribution in [2.24, 2.45) is 11.8 Å². The molecule has 1 aliphatic heterocycles. The fraction of sp³-hybridized carbons (Fsp3) is 0.786. The van der Waals surface area contributed by atoms with E-state index in [0.29, 0.717) is 17.6 Å². The molecule has 0 radical (unpaired) electrons. The Morgan fingerprint density at radius 1 is 1.48 bits per heavy atom. The van der Waals surface area contributed by atoms with Crippen molar-refractivity contribution in [1.82, 2.24) is 15.1 Å². The zero-order valence-electron chi connectivity index (χ0n) is 12.9. The average Bonchev–Trinajstić information content (AvgIpc) is 2.85. The second-order valence-corrected chi connectivity index (χ2v) is 7.18. The number of hydrogen-bond acceptors (Lipinski definition) is 5. The van der Waals surface area contributed by atoms with Gasteiger partial charge in [-0.25, -0.2) is 4.79 Å². The molecule has 2 rings (SSSR count). The molecule has 0 aliphatic carbocycles. The molecule has 1 aromatic rings. The third-order valence-electron chi connectivity index (χ3n) is 3.69. The first-order valence-corrected chi connectivity index (χ1v) is 8.33. The Morgan fingerprint density at radius 3 is 2.90 bits per heavy atom. The van der Waals surface area contributed by atoms with Crippen LogP contribution in [0.2, 0.25) is 0 Å². The van der Waals surface area contributed by atoms with Crippen LogP contribution in [0.5, 0.6) is 0 Å². The fourth-order valence-electron chi connectivity index (χ4n) is 2.49. The molecule has 2 heterocycles. The molecule has 2 atom stereocenters. The molecule has 0 saturated carbocycles. The van der Waals surface area contributed by atoms with E-state index in [2.05, 4.69) is 29.4 Å². The van der Waals surface area contributed by atoms with Crippen LogP contribution in [0.25, 0.3) is 0 Å². The maximum absolute atomic E-state index is 12.2. The number of aromatic nitrogens is 2. The molecule has 0 aromatic carbocycles. The topological polar surface area (TPSA) is 78.4 Å². The fourth-order valence-corrected chi connectivity index (χ4v) is 3.44. The predicted octanol–water partition coefficient (Wildman–Crippen LogP) is 2.36. The SMILES string of the molecule is CC(C)Cc1nnc(NC(=O)N2CCCC(C(C)O)C2)s1. The Labute approximate surface area is 129 Å². The van der Waals surface area contributed by atoms with Gasteiger partial charge >= 0.3 is 6.03 Å². The molecule has 0 bridgehead atoms. The summed E-state index contributed by atoms with van der Waals surface area (Å²) in [4.78, 5) is 14.0. The van der Waals surface area contributed by atoms with Crippen LogP contribution in [-0.2, 0) is 6.42 Å². The summed E-state index contributed by atoms with van der Waals surface area (Å²) in [5.74, 6) is 0.686. The molecule has 2 unspecified atom stereocenters. The highest BCUT2D eigenvalue weighted by Gasteiger charge is 2.26. The minimum atomic E-state index is -0.375. The molecule has 7 heteroatoms. The molecular weight excluding hydrogens is 288 g/mol. The highest BCUT2D eigenvalue weighted by molar-refractivity contribution is 7.15. The molecule has 21 heavy (non-hydrogen) atoms. The lowest BCUT2D eigenvalue weighted by molar-refractivity contribution is 0.0766. The van der Waals surface area contributed by atoms with Crippen molar-refractivity contribution >= 4 is 22.5 Å². The number of amides is 2. The molecule has 0 spiro atoms. The van der Waals surface area contributed by atoms with Gasteiger partial charge in [0.05, 0.1) is 6.10 Å². The summed E-state index contributed by atoms with van der Waals surface area (Å²) in [6.07, 6.45) is 2.40.